The first-order valence-electron chi connectivity index (χ1n) is 6.36. The molecular weight excluding hydrogens is 202 g/mol. The summed E-state index contributed by atoms with van der Waals surface area (Å²) < 4.78 is 0. The van der Waals surface area contributed by atoms with Crippen LogP contribution in [-0.2, 0) is 4.79 Å². The number of hydrogen-bond acceptors (Lipinski definition) is 2. The number of allylic oxidation sites excluding steroid dienone is 2. The summed E-state index contributed by atoms with van der Waals surface area (Å²) in [5.41, 5.74) is 0. The van der Waals surface area contributed by atoms with Crippen LogP contribution in [0.1, 0.15) is 32.1 Å². The Bertz CT molecular complexity index is 265. The predicted molar refractivity (Wildman–Crippen MR) is 62.9 cm³/mol. The van der Waals surface area contributed by atoms with Crippen molar-refractivity contribution in [3.63, 3.8) is 0 Å². The molecule has 0 aromatic carbocycles. The lowest BCUT2D eigenvalue weighted by Crippen LogP contribution is -2.42. The molecule has 0 saturated carbocycles. The molecule has 1 atom stereocenters. The number of hydrogen-bond donors (Lipinski definition) is 1. The van der Waals surface area contributed by atoms with E-state index in [1.807, 2.05) is 4.90 Å². The van der Waals surface area contributed by atoms with E-state index >= 15 is 0 Å². The van der Waals surface area contributed by atoms with E-state index in [1.54, 1.807) is 0 Å². The molecule has 1 aliphatic carbocycles. The van der Waals surface area contributed by atoms with E-state index in [2.05, 4.69) is 12.2 Å². The van der Waals surface area contributed by atoms with Crippen molar-refractivity contribution in [3.05, 3.63) is 12.2 Å². The maximum Gasteiger partial charge on any atom is 0.226 e. The lowest BCUT2D eigenvalue weighted by Gasteiger charge is -2.34. The van der Waals surface area contributed by atoms with Crippen LogP contribution >= 0.6 is 0 Å². The lowest BCUT2D eigenvalue weighted by molar-refractivity contribution is -0.137. The number of aliphatic hydroxyl groups is 1. The highest BCUT2D eigenvalue weighted by atomic mass is 16.3. The van der Waals surface area contributed by atoms with Gasteiger partial charge >= 0.3 is 0 Å². The molecule has 1 N–H and O–H groups in total. The average molecular weight is 223 g/mol. The third kappa shape index (κ3) is 2.64. The highest BCUT2D eigenvalue weighted by molar-refractivity contribution is 5.79. The Kier molecular flexibility index (Phi) is 3.99. The van der Waals surface area contributed by atoms with Crippen LogP contribution in [0.3, 0.4) is 0 Å². The number of carbonyl (C=O) groups is 1. The minimum absolute atomic E-state index is 0.202. The summed E-state index contributed by atoms with van der Waals surface area (Å²) in [5, 5.41) is 8.94. The monoisotopic (exact) mass is 223 g/mol. The van der Waals surface area contributed by atoms with Crippen molar-refractivity contribution < 1.29 is 9.90 Å². The summed E-state index contributed by atoms with van der Waals surface area (Å²) in [6, 6.07) is 0. The van der Waals surface area contributed by atoms with E-state index in [9.17, 15) is 4.79 Å². The van der Waals surface area contributed by atoms with E-state index < -0.39 is 0 Å². The molecule has 1 fully saturated rings. The van der Waals surface area contributed by atoms with Crippen LogP contribution in [0.5, 0.6) is 0 Å². The van der Waals surface area contributed by atoms with Crippen LogP contribution in [0.2, 0.25) is 0 Å². The van der Waals surface area contributed by atoms with E-state index in [4.69, 9.17) is 5.11 Å². The normalized spacial score (nSPS) is 26.3. The van der Waals surface area contributed by atoms with Crippen LogP contribution < -0.4 is 0 Å². The summed E-state index contributed by atoms with van der Waals surface area (Å²) in [4.78, 5) is 14.2. The molecule has 2 rings (SSSR count). The van der Waals surface area contributed by atoms with Gasteiger partial charge in [-0.2, -0.15) is 0 Å². The number of aliphatic hydroxyl groups excluding tert-OH is 1. The largest absolute Gasteiger partial charge is 0.396 e. The molecule has 0 aromatic rings. The van der Waals surface area contributed by atoms with Crippen molar-refractivity contribution >= 4 is 5.91 Å². The molecule has 1 unspecified atom stereocenters. The molecule has 3 nitrogen and oxygen atoms in total. The summed E-state index contributed by atoms with van der Waals surface area (Å²) in [5.74, 6) is 1.04. The molecule has 0 bridgehead atoms. The SMILES string of the molecule is O=C(C1CC=CC1)N1CCCC(CCO)C1. The Hall–Kier alpha value is -0.830. The number of amides is 1. The van der Waals surface area contributed by atoms with Gasteiger partial charge in [0.15, 0.2) is 0 Å². The fourth-order valence-electron chi connectivity index (χ4n) is 2.76. The van der Waals surface area contributed by atoms with Crippen molar-refractivity contribution in [2.75, 3.05) is 19.7 Å². The second kappa shape index (κ2) is 5.48. The Morgan fingerprint density at radius 3 is 2.81 bits per heavy atom. The Balaban J connectivity index is 1.86. The zero-order valence-electron chi connectivity index (χ0n) is 9.77. The van der Waals surface area contributed by atoms with Crippen molar-refractivity contribution in [1.29, 1.82) is 0 Å². The van der Waals surface area contributed by atoms with Crippen molar-refractivity contribution in [3.8, 4) is 0 Å². The van der Waals surface area contributed by atoms with Gasteiger partial charge in [0.25, 0.3) is 0 Å². The maximum absolute atomic E-state index is 12.2. The van der Waals surface area contributed by atoms with Gasteiger partial charge in [-0.3, -0.25) is 4.79 Å². The van der Waals surface area contributed by atoms with Crippen LogP contribution in [0.25, 0.3) is 0 Å². The van der Waals surface area contributed by atoms with Crippen LogP contribution in [0, 0.1) is 11.8 Å². The van der Waals surface area contributed by atoms with E-state index in [1.165, 1.54) is 0 Å². The molecule has 90 valence electrons. The Morgan fingerprint density at radius 2 is 2.12 bits per heavy atom. The molecule has 0 radical (unpaired) electrons. The number of rotatable bonds is 3. The molecule has 1 heterocycles. The highest BCUT2D eigenvalue weighted by Crippen LogP contribution is 2.25. The summed E-state index contributed by atoms with van der Waals surface area (Å²) in [6.07, 6.45) is 9.14. The van der Waals surface area contributed by atoms with Gasteiger partial charge in [-0.1, -0.05) is 12.2 Å². The van der Waals surface area contributed by atoms with Crippen molar-refractivity contribution in [2.45, 2.75) is 32.1 Å². The van der Waals surface area contributed by atoms with Gasteiger partial charge in [0.05, 0.1) is 0 Å². The van der Waals surface area contributed by atoms with Crippen molar-refractivity contribution in [2.24, 2.45) is 11.8 Å². The molecule has 0 spiro atoms. The first-order chi connectivity index (χ1) is 7.81. The minimum atomic E-state index is 0.202. The molecule has 1 aliphatic heterocycles. The third-order valence-corrected chi connectivity index (χ3v) is 3.73. The molecule has 0 aromatic heterocycles. The van der Waals surface area contributed by atoms with Crippen molar-refractivity contribution in [1.82, 2.24) is 4.90 Å². The van der Waals surface area contributed by atoms with Crippen LogP contribution in [0.4, 0.5) is 0 Å². The summed E-state index contributed by atoms with van der Waals surface area (Å²) in [7, 11) is 0. The maximum atomic E-state index is 12.2. The van der Waals surface area contributed by atoms with Crippen LogP contribution in [0.15, 0.2) is 12.2 Å². The molecule has 2 aliphatic rings. The van der Waals surface area contributed by atoms with Crippen LogP contribution in [-0.4, -0.2) is 35.6 Å². The zero-order valence-corrected chi connectivity index (χ0v) is 9.77. The first kappa shape index (κ1) is 11.6. The standard InChI is InChI=1S/C13H21NO2/c15-9-7-11-4-3-8-14(10-11)13(16)12-5-1-2-6-12/h1-2,11-12,15H,3-10H2. The molecule has 16 heavy (non-hydrogen) atoms. The highest BCUT2D eigenvalue weighted by Gasteiger charge is 2.28. The van der Waals surface area contributed by atoms with Gasteiger partial charge in [-0.25, -0.2) is 0 Å². The first-order valence-corrected chi connectivity index (χ1v) is 6.36. The lowest BCUT2D eigenvalue weighted by atomic mass is 9.93. The second-order valence-electron chi connectivity index (χ2n) is 4.94. The van der Waals surface area contributed by atoms with Gasteiger partial charge in [-0.05, 0) is 38.0 Å². The van der Waals surface area contributed by atoms with E-state index in [0.29, 0.717) is 11.8 Å². The van der Waals surface area contributed by atoms with E-state index in [-0.39, 0.29) is 12.5 Å². The fraction of sp³-hybridized carbons (Fsp3) is 0.769. The third-order valence-electron chi connectivity index (χ3n) is 3.73. The summed E-state index contributed by atoms with van der Waals surface area (Å²) >= 11 is 0. The summed E-state index contributed by atoms with van der Waals surface area (Å²) in [6.45, 7) is 2.02. The topological polar surface area (TPSA) is 40.5 Å². The molecule has 3 heteroatoms. The number of likely N-dealkylation sites (tertiary alicyclic amines) is 1. The van der Waals surface area contributed by atoms with Gasteiger partial charge in [0.1, 0.15) is 0 Å². The number of carbonyl (C=O) groups excluding carboxylic acids is 1. The number of nitrogens with zero attached hydrogens (tertiary/aromatic N) is 1. The zero-order chi connectivity index (χ0) is 11.4. The second-order valence-corrected chi connectivity index (χ2v) is 4.94. The smallest absolute Gasteiger partial charge is 0.226 e. The molecular formula is C13H21NO2. The van der Waals surface area contributed by atoms with Gasteiger partial charge in [0.2, 0.25) is 5.91 Å². The quantitative estimate of drug-likeness (QED) is 0.738. The average Bonchev–Trinajstić information content (AvgIpc) is 2.82. The molecule has 1 amide bonds. The fourth-order valence-corrected chi connectivity index (χ4v) is 2.76. The number of piperidine rings is 1. The predicted octanol–water partition coefficient (Wildman–Crippen LogP) is 1.57. The van der Waals surface area contributed by atoms with Gasteiger partial charge < -0.3 is 10.0 Å². The Labute approximate surface area is 97.1 Å². The molecule has 1 saturated heterocycles. The van der Waals surface area contributed by atoms with Gasteiger partial charge in [-0.15, -0.1) is 0 Å². The van der Waals surface area contributed by atoms with E-state index in [0.717, 1.165) is 45.2 Å². The Morgan fingerprint density at radius 1 is 1.38 bits per heavy atom. The van der Waals surface area contributed by atoms with Gasteiger partial charge in [0, 0.05) is 25.6 Å². The minimum Gasteiger partial charge on any atom is -0.396 e.